The van der Waals surface area contributed by atoms with E-state index < -0.39 is 15.9 Å². The van der Waals surface area contributed by atoms with Crippen LogP contribution in [0.1, 0.15) is 15.9 Å². The second kappa shape index (κ2) is 9.72. The number of nitrogens with one attached hydrogen (secondary N) is 2. The average Bonchev–Trinajstić information content (AvgIpc) is 2.77. The molecule has 31 heavy (non-hydrogen) atoms. The molecule has 3 aromatic rings. The lowest BCUT2D eigenvalue weighted by molar-refractivity contribution is 0.0950. The highest BCUT2D eigenvalue weighted by Crippen LogP contribution is 2.28. The lowest BCUT2D eigenvalue weighted by Gasteiger charge is -2.12. The van der Waals surface area contributed by atoms with Crippen LogP contribution in [-0.2, 0) is 16.6 Å². The molecule has 0 aliphatic rings. The van der Waals surface area contributed by atoms with Crippen LogP contribution in [0.5, 0.6) is 11.5 Å². The van der Waals surface area contributed by atoms with Gasteiger partial charge in [-0.05, 0) is 48.0 Å². The Labute approximate surface area is 186 Å². The van der Waals surface area contributed by atoms with E-state index >= 15 is 0 Å². The lowest BCUT2D eigenvalue weighted by Crippen LogP contribution is -2.23. The molecule has 1 amide bonds. The Morgan fingerprint density at radius 2 is 1.65 bits per heavy atom. The zero-order valence-electron chi connectivity index (χ0n) is 16.9. The number of benzene rings is 3. The number of sulfonamides is 1. The predicted octanol–water partition coefficient (Wildman–Crippen LogP) is 4.09. The van der Waals surface area contributed by atoms with Gasteiger partial charge in [-0.15, -0.1) is 0 Å². The average molecular weight is 461 g/mol. The third-order valence-corrected chi connectivity index (χ3v) is 6.27. The first-order valence-corrected chi connectivity index (χ1v) is 11.1. The van der Waals surface area contributed by atoms with E-state index in [-0.39, 0.29) is 22.0 Å². The van der Waals surface area contributed by atoms with Gasteiger partial charge in [0.1, 0.15) is 4.90 Å². The van der Waals surface area contributed by atoms with Gasteiger partial charge in [-0.3, -0.25) is 9.52 Å². The number of methoxy groups -OCH3 is 2. The van der Waals surface area contributed by atoms with Crippen molar-refractivity contribution in [2.45, 2.75) is 11.4 Å². The highest BCUT2D eigenvalue weighted by molar-refractivity contribution is 7.92. The van der Waals surface area contributed by atoms with Crippen LogP contribution < -0.4 is 19.5 Å². The largest absolute Gasteiger partial charge is 0.493 e. The van der Waals surface area contributed by atoms with Gasteiger partial charge in [0.05, 0.1) is 19.2 Å². The van der Waals surface area contributed by atoms with Gasteiger partial charge < -0.3 is 14.8 Å². The Bertz CT molecular complexity index is 1180. The molecular formula is C22H21ClN2O5S. The Morgan fingerprint density at radius 3 is 2.32 bits per heavy atom. The van der Waals surface area contributed by atoms with Gasteiger partial charge >= 0.3 is 0 Å². The summed E-state index contributed by atoms with van der Waals surface area (Å²) in [6.45, 7) is 0.214. The molecule has 0 heterocycles. The standard InChI is InChI=1S/C22H21ClN2O5S/c1-29-19-11-8-15(12-20(19)30-2)14-24-22(26)16-9-10-18(23)21(13-16)31(27,28)25-17-6-4-3-5-7-17/h3-13,25H,14H2,1-2H3,(H,24,26). The van der Waals surface area contributed by atoms with Crippen LogP contribution in [0.15, 0.2) is 71.6 Å². The number of ether oxygens (including phenoxy) is 2. The third kappa shape index (κ3) is 5.48. The van der Waals surface area contributed by atoms with Gasteiger partial charge in [-0.2, -0.15) is 0 Å². The fourth-order valence-electron chi connectivity index (χ4n) is 2.84. The van der Waals surface area contributed by atoms with Crippen molar-refractivity contribution in [3.05, 3.63) is 82.9 Å². The summed E-state index contributed by atoms with van der Waals surface area (Å²) in [6, 6.07) is 17.8. The summed E-state index contributed by atoms with van der Waals surface area (Å²) in [4.78, 5) is 12.4. The van der Waals surface area contributed by atoms with Crippen molar-refractivity contribution in [3.8, 4) is 11.5 Å². The van der Waals surface area contributed by atoms with Crippen molar-refractivity contribution in [1.82, 2.24) is 5.32 Å². The number of hydrogen-bond acceptors (Lipinski definition) is 5. The van der Waals surface area contributed by atoms with E-state index in [9.17, 15) is 13.2 Å². The number of amides is 1. The number of anilines is 1. The molecule has 9 heteroatoms. The number of halogens is 1. The maximum Gasteiger partial charge on any atom is 0.263 e. The van der Waals surface area contributed by atoms with Crippen LogP contribution in [-0.4, -0.2) is 28.5 Å². The third-order valence-electron chi connectivity index (χ3n) is 4.41. The molecule has 0 saturated heterocycles. The minimum Gasteiger partial charge on any atom is -0.493 e. The topological polar surface area (TPSA) is 93.7 Å². The Kier molecular flexibility index (Phi) is 7.04. The van der Waals surface area contributed by atoms with Crippen molar-refractivity contribution >= 4 is 33.2 Å². The van der Waals surface area contributed by atoms with Crippen molar-refractivity contribution in [2.75, 3.05) is 18.9 Å². The molecule has 0 spiro atoms. The zero-order chi connectivity index (χ0) is 22.4. The number of carbonyl (C=O) groups is 1. The second-order valence-electron chi connectivity index (χ2n) is 6.49. The molecule has 162 valence electrons. The summed E-state index contributed by atoms with van der Waals surface area (Å²) in [6.07, 6.45) is 0. The van der Waals surface area contributed by atoms with Gasteiger partial charge in [-0.25, -0.2) is 8.42 Å². The quantitative estimate of drug-likeness (QED) is 0.528. The molecular weight excluding hydrogens is 440 g/mol. The Hall–Kier alpha value is -3.23. The number of para-hydroxylation sites is 1. The monoisotopic (exact) mass is 460 g/mol. The minimum atomic E-state index is -3.98. The van der Waals surface area contributed by atoms with Crippen molar-refractivity contribution in [3.63, 3.8) is 0 Å². The number of rotatable bonds is 8. The second-order valence-corrected chi connectivity index (χ2v) is 8.55. The van der Waals surface area contributed by atoms with Crippen LogP contribution in [0.4, 0.5) is 5.69 Å². The number of carbonyl (C=O) groups excluding carboxylic acids is 1. The van der Waals surface area contributed by atoms with Gasteiger partial charge in [0.25, 0.3) is 15.9 Å². The molecule has 0 saturated carbocycles. The first-order valence-electron chi connectivity index (χ1n) is 9.20. The van der Waals surface area contributed by atoms with Gasteiger partial charge in [0.15, 0.2) is 11.5 Å². The lowest BCUT2D eigenvalue weighted by atomic mass is 10.1. The van der Waals surface area contributed by atoms with Gasteiger partial charge in [0, 0.05) is 17.8 Å². The summed E-state index contributed by atoms with van der Waals surface area (Å²) in [7, 11) is -0.909. The number of hydrogen-bond donors (Lipinski definition) is 2. The van der Waals surface area contributed by atoms with E-state index in [1.165, 1.54) is 32.4 Å². The fourth-order valence-corrected chi connectivity index (χ4v) is 4.43. The minimum absolute atomic E-state index is 0.0138. The molecule has 0 aliphatic carbocycles. The van der Waals surface area contributed by atoms with Crippen LogP contribution in [0.3, 0.4) is 0 Å². The van der Waals surface area contributed by atoms with Gasteiger partial charge in [0.2, 0.25) is 0 Å². The van der Waals surface area contributed by atoms with Gasteiger partial charge in [-0.1, -0.05) is 35.9 Å². The molecule has 0 aliphatic heterocycles. The summed E-state index contributed by atoms with van der Waals surface area (Å²) >= 11 is 6.11. The van der Waals surface area contributed by atoms with E-state index in [1.54, 1.807) is 48.5 Å². The SMILES string of the molecule is COc1ccc(CNC(=O)c2ccc(Cl)c(S(=O)(=O)Nc3ccccc3)c2)cc1OC. The van der Waals surface area contributed by atoms with Crippen LogP contribution in [0.25, 0.3) is 0 Å². The fraction of sp³-hybridized carbons (Fsp3) is 0.136. The molecule has 7 nitrogen and oxygen atoms in total. The van der Waals surface area contributed by atoms with Crippen LogP contribution in [0.2, 0.25) is 5.02 Å². The molecule has 2 N–H and O–H groups in total. The first kappa shape index (κ1) is 22.5. The molecule has 0 bridgehead atoms. The maximum atomic E-state index is 12.8. The van der Waals surface area contributed by atoms with Crippen molar-refractivity contribution < 1.29 is 22.7 Å². The van der Waals surface area contributed by atoms with Crippen LogP contribution >= 0.6 is 11.6 Å². The zero-order valence-corrected chi connectivity index (χ0v) is 18.5. The molecule has 0 aromatic heterocycles. The normalized spacial score (nSPS) is 10.9. The summed E-state index contributed by atoms with van der Waals surface area (Å²) in [5.74, 6) is 0.680. The molecule has 0 fully saturated rings. The van der Waals surface area contributed by atoms with Crippen molar-refractivity contribution in [1.29, 1.82) is 0 Å². The summed E-state index contributed by atoms with van der Waals surface area (Å²) in [5.41, 5.74) is 1.35. The summed E-state index contributed by atoms with van der Waals surface area (Å²) in [5, 5.41) is 2.77. The van der Waals surface area contributed by atoms with E-state index in [1.807, 2.05) is 0 Å². The van der Waals surface area contributed by atoms with E-state index in [0.29, 0.717) is 17.2 Å². The highest BCUT2D eigenvalue weighted by atomic mass is 35.5. The molecule has 0 atom stereocenters. The predicted molar refractivity (Wildman–Crippen MR) is 119 cm³/mol. The highest BCUT2D eigenvalue weighted by Gasteiger charge is 2.20. The summed E-state index contributed by atoms with van der Waals surface area (Å²) < 4.78 is 38.4. The first-order chi connectivity index (χ1) is 14.8. The van der Waals surface area contributed by atoms with E-state index in [0.717, 1.165) is 5.56 Å². The van der Waals surface area contributed by atoms with E-state index in [4.69, 9.17) is 21.1 Å². The Morgan fingerprint density at radius 1 is 0.935 bits per heavy atom. The van der Waals surface area contributed by atoms with Crippen molar-refractivity contribution in [2.24, 2.45) is 0 Å². The molecule has 3 aromatic carbocycles. The van der Waals surface area contributed by atoms with Crippen LogP contribution in [0, 0.1) is 0 Å². The molecule has 0 radical (unpaired) electrons. The molecule has 3 rings (SSSR count). The molecule has 0 unspecified atom stereocenters. The van der Waals surface area contributed by atoms with E-state index in [2.05, 4.69) is 10.0 Å². The Balaban J connectivity index is 1.77. The maximum absolute atomic E-state index is 12.8. The smallest absolute Gasteiger partial charge is 0.263 e.